The Morgan fingerprint density at radius 3 is 2.89 bits per heavy atom. The van der Waals surface area contributed by atoms with E-state index in [2.05, 4.69) is 10.4 Å². The topological polar surface area (TPSA) is 75.4 Å². The Labute approximate surface area is 111 Å². The lowest BCUT2D eigenvalue weighted by molar-refractivity contribution is -0.135. The fourth-order valence-corrected chi connectivity index (χ4v) is 2.34. The van der Waals surface area contributed by atoms with E-state index < -0.39 is 0 Å². The Bertz CT molecular complexity index is 493. The van der Waals surface area contributed by atoms with Gasteiger partial charge in [0.2, 0.25) is 5.91 Å². The van der Waals surface area contributed by atoms with Gasteiger partial charge >= 0.3 is 0 Å². The molecule has 2 fully saturated rings. The summed E-state index contributed by atoms with van der Waals surface area (Å²) in [6, 6.07) is 0. The highest BCUT2D eigenvalue weighted by molar-refractivity contribution is 5.93. The number of hydrazine groups is 1. The smallest absolute Gasteiger partial charge is 0.291 e. The Balaban J connectivity index is 1.63. The van der Waals surface area contributed by atoms with E-state index in [9.17, 15) is 9.59 Å². The minimum Gasteiger partial charge on any atom is -0.448 e. The van der Waals surface area contributed by atoms with Gasteiger partial charge in [-0.25, -0.2) is 4.98 Å². The van der Waals surface area contributed by atoms with E-state index in [0.717, 1.165) is 25.7 Å². The van der Waals surface area contributed by atoms with Gasteiger partial charge in [-0.1, -0.05) is 6.42 Å². The molecule has 1 aromatic heterocycles. The summed E-state index contributed by atoms with van der Waals surface area (Å²) in [5.74, 6) is 0.589. The largest absolute Gasteiger partial charge is 0.448 e. The molecule has 2 aliphatic rings. The summed E-state index contributed by atoms with van der Waals surface area (Å²) >= 11 is 0. The van der Waals surface area contributed by atoms with Gasteiger partial charge in [-0.05, 0) is 25.7 Å². The van der Waals surface area contributed by atoms with E-state index >= 15 is 0 Å². The van der Waals surface area contributed by atoms with Crippen molar-refractivity contribution < 1.29 is 14.0 Å². The highest BCUT2D eigenvalue weighted by Gasteiger charge is 2.26. The molecule has 1 saturated carbocycles. The molecule has 1 aliphatic heterocycles. The summed E-state index contributed by atoms with van der Waals surface area (Å²) in [5, 5.41) is 1.38. The standard InChI is InChI=1S/C13H17N3O3/c17-11-6-1-2-7-16(11)15-12(18)10-8-19-13(14-10)9-4-3-5-9/h8-9H,1-7H2,(H,15,18). The maximum Gasteiger partial charge on any atom is 0.291 e. The number of rotatable bonds is 3. The predicted octanol–water partition coefficient (Wildman–Crippen LogP) is 1.60. The lowest BCUT2D eigenvalue weighted by atomic mass is 9.85. The normalized spacial score (nSPS) is 20.2. The average Bonchev–Trinajstić information content (AvgIpc) is 2.79. The second kappa shape index (κ2) is 5.03. The van der Waals surface area contributed by atoms with Gasteiger partial charge in [0.05, 0.1) is 0 Å². The maximum absolute atomic E-state index is 12.0. The van der Waals surface area contributed by atoms with Gasteiger partial charge in [0.15, 0.2) is 11.6 Å². The van der Waals surface area contributed by atoms with E-state index in [-0.39, 0.29) is 17.5 Å². The number of nitrogens with zero attached hydrogens (tertiary/aromatic N) is 2. The maximum atomic E-state index is 12.0. The molecule has 0 radical (unpaired) electrons. The Morgan fingerprint density at radius 2 is 2.21 bits per heavy atom. The van der Waals surface area contributed by atoms with E-state index in [1.54, 1.807) is 0 Å². The molecule has 1 aliphatic carbocycles. The summed E-state index contributed by atoms with van der Waals surface area (Å²) in [5.41, 5.74) is 2.85. The van der Waals surface area contributed by atoms with Gasteiger partial charge in [-0.3, -0.25) is 20.0 Å². The van der Waals surface area contributed by atoms with E-state index in [4.69, 9.17) is 4.42 Å². The van der Waals surface area contributed by atoms with Crippen LogP contribution in [0.5, 0.6) is 0 Å². The Morgan fingerprint density at radius 1 is 1.37 bits per heavy atom. The predicted molar refractivity (Wildman–Crippen MR) is 66.1 cm³/mol. The molecular formula is C13H17N3O3. The Kier molecular flexibility index (Phi) is 3.23. The second-order valence-corrected chi connectivity index (χ2v) is 5.14. The zero-order valence-electron chi connectivity index (χ0n) is 10.7. The summed E-state index contributed by atoms with van der Waals surface area (Å²) in [6.45, 7) is 0.567. The number of carbonyl (C=O) groups is 2. The third-order valence-corrected chi connectivity index (χ3v) is 3.77. The van der Waals surface area contributed by atoms with Crippen LogP contribution in [0, 0.1) is 0 Å². The molecule has 1 N–H and O–H groups in total. The molecule has 0 spiro atoms. The monoisotopic (exact) mass is 263 g/mol. The number of amides is 2. The van der Waals surface area contributed by atoms with Crippen molar-refractivity contribution in [3.63, 3.8) is 0 Å². The molecule has 0 bridgehead atoms. The van der Waals surface area contributed by atoms with Crippen molar-refractivity contribution in [2.45, 2.75) is 44.4 Å². The van der Waals surface area contributed by atoms with E-state index in [1.165, 1.54) is 17.7 Å². The quantitative estimate of drug-likeness (QED) is 0.898. The molecule has 3 rings (SSSR count). The van der Waals surface area contributed by atoms with Crippen molar-refractivity contribution in [1.82, 2.24) is 15.4 Å². The first kappa shape index (κ1) is 12.2. The van der Waals surface area contributed by atoms with Crippen LogP contribution < -0.4 is 5.43 Å². The van der Waals surface area contributed by atoms with Crippen molar-refractivity contribution in [2.75, 3.05) is 6.54 Å². The van der Waals surface area contributed by atoms with Crippen molar-refractivity contribution in [1.29, 1.82) is 0 Å². The molecule has 6 nitrogen and oxygen atoms in total. The first-order valence-electron chi connectivity index (χ1n) is 6.81. The molecule has 102 valence electrons. The van der Waals surface area contributed by atoms with Crippen LogP contribution in [0.15, 0.2) is 10.7 Å². The molecule has 6 heteroatoms. The first-order chi connectivity index (χ1) is 9.24. The van der Waals surface area contributed by atoms with Crippen LogP contribution in [-0.4, -0.2) is 28.4 Å². The molecule has 1 saturated heterocycles. The molecular weight excluding hydrogens is 246 g/mol. The van der Waals surface area contributed by atoms with Gasteiger partial charge in [0.25, 0.3) is 5.91 Å². The molecule has 0 atom stereocenters. The van der Waals surface area contributed by atoms with Gasteiger partial charge in [0, 0.05) is 18.9 Å². The van der Waals surface area contributed by atoms with Crippen LogP contribution in [0.3, 0.4) is 0 Å². The molecule has 0 unspecified atom stereocenters. The van der Waals surface area contributed by atoms with Crippen molar-refractivity contribution in [2.24, 2.45) is 0 Å². The van der Waals surface area contributed by atoms with Crippen molar-refractivity contribution in [3.8, 4) is 0 Å². The summed E-state index contributed by atoms with van der Waals surface area (Å²) in [4.78, 5) is 27.8. The van der Waals surface area contributed by atoms with Gasteiger partial charge in [-0.2, -0.15) is 0 Å². The lowest BCUT2D eigenvalue weighted by Gasteiger charge is -2.26. The third-order valence-electron chi connectivity index (χ3n) is 3.77. The van der Waals surface area contributed by atoms with Crippen LogP contribution in [0.2, 0.25) is 0 Å². The fraction of sp³-hybridized carbons (Fsp3) is 0.615. The Hall–Kier alpha value is -1.85. The molecule has 2 heterocycles. The second-order valence-electron chi connectivity index (χ2n) is 5.14. The van der Waals surface area contributed by atoms with Gasteiger partial charge in [0.1, 0.15) is 6.26 Å². The SMILES string of the molecule is O=C(NN1CCCCC1=O)c1coc(C2CCC2)n1. The average molecular weight is 263 g/mol. The number of nitrogens with one attached hydrogen (secondary N) is 1. The third kappa shape index (κ3) is 2.47. The summed E-state index contributed by atoms with van der Waals surface area (Å²) < 4.78 is 5.33. The molecule has 1 aromatic rings. The fourth-order valence-electron chi connectivity index (χ4n) is 2.34. The van der Waals surface area contributed by atoms with Crippen LogP contribution in [-0.2, 0) is 4.79 Å². The highest BCUT2D eigenvalue weighted by Crippen LogP contribution is 2.35. The van der Waals surface area contributed by atoms with Crippen LogP contribution in [0.25, 0.3) is 0 Å². The zero-order valence-corrected chi connectivity index (χ0v) is 10.7. The number of aromatic nitrogens is 1. The summed E-state index contributed by atoms with van der Waals surface area (Å²) in [7, 11) is 0. The van der Waals surface area contributed by atoms with Crippen LogP contribution in [0.1, 0.15) is 60.8 Å². The van der Waals surface area contributed by atoms with Crippen molar-refractivity contribution in [3.05, 3.63) is 17.8 Å². The number of piperidine rings is 1. The number of hydrogen-bond donors (Lipinski definition) is 1. The van der Waals surface area contributed by atoms with Crippen LogP contribution in [0.4, 0.5) is 0 Å². The molecule has 2 amide bonds. The van der Waals surface area contributed by atoms with Crippen molar-refractivity contribution >= 4 is 11.8 Å². The van der Waals surface area contributed by atoms with Crippen LogP contribution >= 0.6 is 0 Å². The van der Waals surface area contributed by atoms with E-state index in [1.807, 2.05) is 0 Å². The zero-order chi connectivity index (χ0) is 13.2. The number of carbonyl (C=O) groups excluding carboxylic acids is 2. The number of hydrogen-bond acceptors (Lipinski definition) is 4. The minimum absolute atomic E-state index is 0.0395. The minimum atomic E-state index is -0.371. The highest BCUT2D eigenvalue weighted by atomic mass is 16.3. The lowest BCUT2D eigenvalue weighted by Crippen LogP contribution is -2.48. The van der Waals surface area contributed by atoms with Gasteiger partial charge in [-0.15, -0.1) is 0 Å². The number of oxazole rings is 1. The first-order valence-corrected chi connectivity index (χ1v) is 6.81. The summed E-state index contributed by atoms with van der Waals surface area (Å²) in [6.07, 6.45) is 7.01. The molecule has 19 heavy (non-hydrogen) atoms. The van der Waals surface area contributed by atoms with E-state index in [0.29, 0.717) is 24.8 Å². The van der Waals surface area contributed by atoms with Gasteiger partial charge < -0.3 is 4.42 Å². The molecule has 0 aromatic carbocycles.